The summed E-state index contributed by atoms with van der Waals surface area (Å²) in [6.07, 6.45) is 2.23. The quantitative estimate of drug-likeness (QED) is 0.338. The van der Waals surface area contributed by atoms with Gasteiger partial charge in [0.05, 0.1) is 10.7 Å². The molecular formula is C12H14ClF2N3O. The van der Waals surface area contributed by atoms with Crippen LogP contribution in [0.15, 0.2) is 17.3 Å². The Morgan fingerprint density at radius 1 is 1.47 bits per heavy atom. The molecule has 0 heterocycles. The molecule has 1 aromatic rings. The van der Waals surface area contributed by atoms with Crippen LogP contribution in [-0.2, 0) is 0 Å². The van der Waals surface area contributed by atoms with Gasteiger partial charge in [0.1, 0.15) is 11.7 Å². The number of nitrogens with one attached hydrogen (secondary N) is 1. The van der Waals surface area contributed by atoms with E-state index in [1.807, 2.05) is 0 Å². The minimum atomic E-state index is -0.732. The number of halogens is 3. The molecule has 0 radical (unpaired) electrons. The van der Waals surface area contributed by atoms with Crippen LogP contribution in [0.1, 0.15) is 19.3 Å². The molecule has 1 fully saturated rings. The number of rotatable bonds is 5. The van der Waals surface area contributed by atoms with Crippen molar-refractivity contribution in [3.63, 3.8) is 0 Å². The summed E-state index contributed by atoms with van der Waals surface area (Å²) in [4.78, 5) is 0. The molecule has 19 heavy (non-hydrogen) atoms. The zero-order valence-corrected chi connectivity index (χ0v) is 10.8. The van der Waals surface area contributed by atoms with E-state index < -0.39 is 11.6 Å². The van der Waals surface area contributed by atoms with E-state index in [0.717, 1.165) is 25.0 Å². The first kappa shape index (κ1) is 13.9. The van der Waals surface area contributed by atoms with Gasteiger partial charge < -0.3 is 16.3 Å². The van der Waals surface area contributed by atoms with Crippen molar-refractivity contribution in [3.8, 4) is 0 Å². The Hall–Kier alpha value is -1.56. The van der Waals surface area contributed by atoms with E-state index >= 15 is 0 Å². The van der Waals surface area contributed by atoms with Gasteiger partial charge in [0, 0.05) is 19.0 Å². The maximum absolute atomic E-state index is 13.6. The maximum Gasteiger partial charge on any atom is 0.150 e. The lowest BCUT2D eigenvalue weighted by Gasteiger charge is -2.17. The van der Waals surface area contributed by atoms with Gasteiger partial charge in [0.2, 0.25) is 0 Å². The van der Waals surface area contributed by atoms with E-state index in [2.05, 4.69) is 10.5 Å². The largest absolute Gasteiger partial charge is 0.409 e. The second-order valence-corrected chi connectivity index (χ2v) is 5.27. The number of hydrogen-bond acceptors (Lipinski definition) is 3. The lowest BCUT2D eigenvalue weighted by Crippen LogP contribution is -2.24. The smallest absolute Gasteiger partial charge is 0.150 e. The molecular weight excluding hydrogens is 276 g/mol. The summed E-state index contributed by atoms with van der Waals surface area (Å²) in [5.41, 5.74) is 5.41. The highest BCUT2D eigenvalue weighted by Gasteiger charge is 2.43. The van der Waals surface area contributed by atoms with Gasteiger partial charge in [0.15, 0.2) is 5.82 Å². The van der Waals surface area contributed by atoms with Crippen LogP contribution < -0.4 is 11.1 Å². The number of hydrogen-bond donors (Lipinski definition) is 3. The summed E-state index contributed by atoms with van der Waals surface area (Å²) in [6.45, 7) is 0.436. The van der Waals surface area contributed by atoms with Crippen molar-refractivity contribution in [2.24, 2.45) is 16.3 Å². The van der Waals surface area contributed by atoms with E-state index in [0.29, 0.717) is 13.0 Å². The number of anilines is 1. The topological polar surface area (TPSA) is 70.6 Å². The third kappa shape index (κ3) is 3.26. The normalized spacial score (nSPS) is 17.3. The molecule has 1 aliphatic rings. The molecule has 0 atom stereocenters. The van der Waals surface area contributed by atoms with Crippen molar-refractivity contribution in [3.05, 3.63) is 28.8 Å². The molecule has 4 nitrogen and oxygen atoms in total. The number of oxime groups is 1. The molecule has 0 aromatic heterocycles. The van der Waals surface area contributed by atoms with Crippen LogP contribution in [0, 0.1) is 17.0 Å². The Balaban J connectivity index is 2.04. The molecule has 4 N–H and O–H groups in total. The average Bonchev–Trinajstić information content (AvgIpc) is 3.07. The van der Waals surface area contributed by atoms with Crippen LogP contribution in [-0.4, -0.2) is 17.6 Å². The third-order valence-electron chi connectivity index (χ3n) is 3.29. The summed E-state index contributed by atoms with van der Waals surface area (Å²) in [5.74, 6) is -1.31. The van der Waals surface area contributed by atoms with Crippen LogP contribution in [0.4, 0.5) is 14.5 Å². The van der Waals surface area contributed by atoms with Gasteiger partial charge in [-0.3, -0.25) is 0 Å². The van der Waals surface area contributed by atoms with Crippen LogP contribution >= 0.6 is 11.6 Å². The van der Waals surface area contributed by atoms with E-state index in [1.54, 1.807) is 0 Å². The molecule has 0 bridgehead atoms. The third-order valence-corrected chi connectivity index (χ3v) is 3.59. The molecule has 0 saturated heterocycles. The molecule has 1 aromatic carbocycles. The van der Waals surface area contributed by atoms with Crippen molar-refractivity contribution in [1.82, 2.24) is 0 Å². The van der Waals surface area contributed by atoms with Crippen LogP contribution in [0.25, 0.3) is 0 Å². The molecule has 1 aliphatic carbocycles. The molecule has 1 saturated carbocycles. The Labute approximate surface area is 114 Å². The lowest BCUT2D eigenvalue weighted by atomic mass is 10.0. The predicted octanol–water partition coefficient (Wildman–Crippen LogP) is 2.95. The van der Waals surface area contributed by atoms with Gasteiger partial charge in [-0.05, 0) is 24.3 Å². The maximum atomic E-state index is 13.6. The summed E-state index contributed by atoms with van der Waals surface area (Å²) < 4.78 is 26.5. The zero-order chi connectivity index (χ0) is 14.0. The van der Waals surface area contributed by atoms with Crippen LogP contribution in [0.3, 0.4) is 0 Å². The van der Waals surface area contributed by atoms with Crippen molar-refractivity contribution < 1.29 is 14.0 Å². The van der Waals surface area contributed by atoms with E-state index in [4.69, 9.17) is 22.5 Å². The average molecular weight is 290 g/mol. The van der Waals surface area contributed by atoms with E-state index in [9.17, 15) is 8.78 Å². The predicted molar refractivity (Wildman–Crippen MR) is 69.6 cm³/mol. The minimum Gasteiger partial charge on any atom is -0.409 e. The second kappa shape index (κ2) is 5.21. The Morgan fingerprint density at radius 2 is 2.16 bits per heavy atom. The number of amidine groups is 1. The Morgan fingerprint density at radius 3 is 2.68 bits per heavy atom. The highest BCUT2D eigenvalue weighted by Crippen LogP contribution is 2.49. The fraction of sp³-hybridized carbons (Fsp3) is 0.417. The number of nitrogens with zero attached hydrogens (tertiary/aromatic N) is 1. The summed E-state index contributed by atoms with van der Waals surface area (Å²) in [6, 6.07) is 1.83. The van der Waals surface area contributed by atoms with Gasteiger partial charge in [0.25, 0.3) is 0 Å². The van der Waals surface area contributed by atoms with Gasteiger partial charge in [-0.25, -0.2) is 8.78 Å². The molecule has 0 amide bonds. The minimum absolute atomic E-state index is 0.00269. The van der Waals surface area contributed by atoms with Crippen LogP contribution in [0.5, 0.6) is 0 Å². The van der Waals surface area contributed by atoms with Crippen LogP contribution in [0.2, 0.25) is 5.02 Å². The van der Waals surface area contributed by atoms with Gasteiger partial charge in [-0.2, -0.15) is 0 Å². The Kier molecular flexibility index (Phi) is 3.80. The zero-order valence-electron chi connectivity index (χ0n) is 10.1. The number of benzene rings is 1. The molecule has 0 spiro atoms. The molecule has 104 valence electrons. The SMILES string of the molecule is NC(CC1(CNc2c(F)cc(F)cc2Cl)CC1)=NO. The van der Waals surface area contributed by atoms with Crippen molar-refractivity contribution >= 4 is 23.1 Å². The summed E-state index contributed by atoms with van der Waals surface area (Å²) in [5, 5.41) is 14.4. The fourth-order valence-electron chi connectivity index (χ4n) is 2.00. The van der Waals surface area contributed by atoms with Gasteiger partial charge in [-0.15, -0.1) is 0 Å². The molecule has 2 rings (SSSR count). The second-order valence-electron chi connectivity index (χ2n) is 4.87. The first-order valence-electron chi connectivity index (χ1n) is 5.81. The summed E-state index contributed by atoms with van der Waals surface area (Å²) >= 11 is 5.79. The highest BCUT2D eigenvalue weighted by atomic mass is 35.5. The Bertz CT molecular complexity index is 495. The van der Waals surface area contributed by atoms with Gasteiger partial charge >= 0.3 is 0 Å². The molecule has 0 aliphatic heterocycles. The van der Waals surface area contributed by atoms with Crippen molar-refractivity contribution in [2.75, 3.05) is 11.9 Å². The first-order valence-corrected chi connectivity index (χ1v) is 6.18. The van der Waals surface area contributed by atoms with E-state index in [1.165, 1.54) is 0 Å². The van der Waals surface area contributed by atoms with Gasteiger partial charge in [-0.1, -0.05) is 16.8 Å². The monoisotopic (exact) mass is 289 g/mol. The summed E-state index contributed by atoms with van der Waals surface area (Å²) in [7, 11) is 0. The highest BCUT2D eigenvalue weighted by molar-refractivity contribution is 6.33. The molecule has 0 unspecified atom stereocenters. The number of nitrogens with two attached hydrogens (primary N) is 1. The fourth-order valence-corrected chi connectivity index (χ4v) is 2.26. The van der Waals surface area contributed by atoms with Crippen molar-refractivity contribution in [2.45, 2.75) is 19.3 Å². The van der Waals surface area contributed by atoms with Crippen molar-refractivity contribution in [1.29, 1.82) is 0 Å². The first-order chi connectivity index (χ1) is 8.96. The molecule has 7 heteroatoms. The standard InChI is InChI=1S/C12H14ClF2N3O/c13-8-3-7(14)4-9(15)11(8)17-6-12(1-2-12)5-10(16)18-19/h3-4,17,19H,1-2,5-6H2,(H2,16,18). The lowest BCUT2D eigenvalue weighted by molar-refractivity contribution is 0.315. The van der Waals surface area contributed by atoms with E-state index in [-0.39, 0.29) is 22.0 Å².